The number of benzene rings is 2. The zero-order chi connectivity index (χ0) is 19.9. The van der Waals surface area contributed by atoms with Crippen LogP contribution in [0.5, 0.6) is 5.75 Å². The number of nitrogens with zero attached hydrogens (tertiary/aromatic N) is 3. The number of phenols is 1. The van der Waals surface area contributed by atoms with E-state index in [1.165, 1.54) is 11.1 Å². The fraction of sp³-hybridized carbons (Fsp3) is 0.333. The van der Waals surface area contributed by atoms with Crippen LogP contribution in [0.25, 0.3) is 11.3 Å². The van der Waals surface area contributed by atoms with Crippen LogP contribution in [0.4, 0.5) is 0 Å². The molecule has 0 saturated carbocycles. The van der Waals surface area contributed by atoms with Crippen LogP contribution >= 0.6 is 0 Å². The Morgan fingerprint density at radius 3 is 2.59 bits per heavy atom. The minimum atomic E-state index is 0.309. The molecule has 1 fully saturated rings. The fourth-order valence-electron chi connectivity index (χ4n) is 3.75. The predicted octanol–water partition coefficient (Wildman–Crippen LogP) is 3.43. The lowest BCUT2D eigenvalue weighted by atomic mass is 10.1. The number of aromatic nitrogens is 2. The molecule has 0 aliphatic carbocycles. The highest BCUT2D eigenvalue weighted by molar-refractivity contribution is 5.59. The number of phenolic OH excluding ortho intramolecular Hbond substituents is 1. The third-order valence-corrected chi connectivity index (χ3v) is 5.35. The molecule has 2 aromatic carbocycles. The van der Waals surface area contributed by atoms with Gasteiger partial charge in [0.1, 0.15) is 11.6 Å². The minimum absolute atomic E-state index is 0.309. The van der Waals surface area contributed by atoms with Crippen LogP contribution in [-0.2, 0) is 19.4 Å². The summed E-state index contributed by atoms with van der Waals surface area (Å²) < 4.78 is 0. The topological polar surface area (TPSA) is 61.3 Å². The van der Waals surface area contributed by atoms with E-state index in [1.54, 1.807) is 12.1 Å². The van der Waals surface area contributed by atoms with Crippen molar-refractivity contribution in [2.24, 2.45) is 0 Å². The number of aromatic hydroxyl groups is 1. The highest BCUT2D eigenvalue weighted by Gasteiger charge is 2.11. The molecular formula is C24H28N4O. The van der Waals surface area contributed by atoms with E-state index in [0.29, 0.717) is 5.75 Å². The van der Waals surface area contributed by atoms with Gasteiger partial charge in [-0.05, 0) is 48.2 Å². The van der Waals surface area contributed by atoms with Gasteiger partial charge in [-0.15, -0.1) is 0 Å². The van der Waals surface area contributed by atoms with Crippen molar-refractivity contribution < 1.29 is 5.11 Å². The maximum Gasteiger partial charge on any atom is 0.128 e. The largest absolute Gasteiger partial charge is 0.508 e. The molecule has 5 heteroatoms. The van der Waals surface area contributed by atoms with Crippen molar-refractivity contribution in [1.82, 2.24) is 20.2 Å². The number of nitrogens with one attached hydrogen (secondary N) is 1. The lowest BCUT2D eigenvalue weighted by Gasteiger charge is -2.27. The van der Waals surface area contributed by atoms with Crippen molar-refractivity contribution in [3.8, 4) is 17.0 Å². The van der Waals surface area contributed by atoms with E-state index < -0.39 is 0 Å². The average Bonchev–Trinajstić information content (AvgIpc) is 2.76. The Kier molecular flexibility index (Phi) is 6.49. The Bertz CT molecular complexity index is 920. The second-order valence-electron chi connectivity index (χ2n) is 7.60. The monoisotopic (exact) mass is 388 g/mol. The van der Waals surface area contributed by atoms with Gasteiger partial charge in [-0.3, -0.25) is 4.90 Å². The lowest BCUT2D eigenvalue weighted by Crippen LogP contribution is -2.42. The maximum absolute atomic E-state index is 9.38. The Morgan fingerprint density at radius 1 is 0.931 bits per heavy atom. The van der Waals surface area contributed by atoms with Crippen LogP contribution < -0.4 is 5.32 Å². The molecule has 4 rings (SSSR count). The van der Waals surface area contributed by atoms with E-state index in [2.05, 4.69) is 39.5 Å². The molecule has 0 amide bonds. The standard InChI is InChI=1S/C24H28N4O/c29-22-9-7-19(8-10-22)3-2-6-24-26-12-11-23(27-24)21-5-1-4-20(17-21)18-28-15-13-25-14-16-28/h1,4-5,7-12,17,25,29H,2-3,6,13-16,18H2. The highest BCUT2D eigenvalue weighted by Crippen LogP contribution is 2.20. The number of piperazine rings is 1. The third-order valence-electron chi connectivity index (χ3n) is 5.35. The first-order valence-electron chi connectivity index (χ1n) is 10.4. The quantitative estimate of drug-likeness (QED) is 0.649. The summed E-state index contributed by atoms with van der Waals surface area (Å²) in [5.74, 6) is 1.19. The van der Waals surface area contributed by atoms with E-state index in [1.807, 2.05) is 24.4 Å². The second kappa shape index (κ2) is 9.63. The molecular weight excluding hydrogens is 360 g/mol. The van der Waals surface area contributed by atoms with Crippen molar-refractivity contribution in [3.63, 3.8) is 0 Å². The smallest absolute Gasteiger partial charge is 0.128 e. The number of aryl methyl sites for hydroxylation is 2. The van der Waals surface area contributed by atoms with Crippen molar-refractivity contribution in [1.29, 1.82) is 0 Å². The average molecular weight is 389 g/mol. The SMILES string of the molecule is Oc1ccc(CCCc2nccc(-c3cccc(CN4CCNCC4)c3)n2)cc1. The van der Waals surface area contributed by atoms with Gasteiger partial charge in [0.15, 0.2) is 0 Å². The van der Waals surface area contributed by atoms with Crippen LogP contribution in [0.15, 0.2) is 60.8 Å². The van der Waals surface area contributed by atoms with Crippen molar-refractivity contribution in [2.75, 3.05) is 26.2 Å². The molecule has 0 unspecified atom stereocenters. The van der Waals surface area contributed by atoms with Crippen molar-refractivity contribution >= 4 is 0 Å². The zero-order valence-electron chi connectivity index (χ0n) is 16.7. The molecule has 2 N–H and O–H groups in total. The van der Waals surface area contributed by atoms with E-state index in [9.17, 15) is 5.11 Å². The maximum atomic E-state index is 9.38. The summed E-state index contributed by atoms with van der Waals surface area (Å²) in [7, 11) is 0. The van der Waals surface area contributed by atoms with E-state index in [-0.39, 0.29) is 0 Å². The highest BCUT2D eigenvalue weighted by atomic mass is 16.3. The van der Waals surface area contributed by atoms with Gasteiger partial charge in [-0.2, -0.15) is 0 Å². The minimum Gasteiger partial charge on any atom is -0.508 e. The summed E-state index contributed by atoms with van der Waals surface area (Å²) >= 11 is 0. The molecule has 1 aliphatic rings. The number of hydrogen-bond donors (Lipinski definition) is 2. The van der Waals surface area contributed by atoms with Crippen LogP contribution in [0.1, 0.15) is 23.4 Å². The fourth-order valence-corrected chi connectivity index (χ4v) is 3.75. The van der Waals surface area contributed by atoms with Gasteiger partial charge in [-0.25, -0.2) is 9.97 Å². The zero-order valence-corrected chi connectivity index (χ0v) is 16.7. The Balaban J connectivity index is 1.38. The third kappa shape index (κ3) is 5.62. The molecule has 1 aliphatic heterocycles. The Hall–Kier alpha value is -2.76. The molecule has 150 valence electrons. The van der Waals surface area contributed by atoms with Gasteiger partial charge < -0.3 is 10.4 Å². The molecule has 0 spiro atoms. The molecule has 2 heterocycles. The first-order chi connectivity index (χ1) is 14.3. The van der Waals surface area contributed by atoms with Crippen molar-refractivity contribution in [3.05, 3.63) is 77.7 Å². The van der Waals surface area contributed by atoms with Gasteiger partial charge in [-0.1, -0.05) is 30.3 Å². The molecule has 0 bridgehead atoms. The second-order valence-corrected chi connectivity index (χ2v) is 7.60. The Labute approximate surface area is 172 Å². The van der Waals surface area contributed by atoms with Crippen LogP contribution in [0, 0.1) is 0 Å². The first kappa shape index (κ1) is 19.6. The summed E-state index contributed by atoms with van der Waals surface area (Å²) in [4.78, 5) is 11.8. The molecule has 5 nitrogen and oxygen atoms in total. The molecule has 29 heavy (non-hydrogen) atoms. The molecule has 3 aromatic rings. The molecule has 0 radical (unpaired) electrons. The number of rotatable bonds is 7. The summed E-state index contributed by atoms with van der Waals surface area (Å²) in [6.07, 6.45) is 4.64. The lowest BCUT2D eigenvalue weighted by molar-refractivity contribution is 0.233. The summed E-state index contributed by atoms with van der Waals surface area (Å²) in [6, 6.07) is 18.1. The normalized spacial score (nSPS) is 14.8. The van der Waals surface area contributed by atoms with Gasteiger partial charge in [0.25, 0.3) is 0 Å². The van der Waals surface area contributed by atoms with E-state index >= 15 is 0 Å². The first-order valence-corrected chi connectivity index (χ1v) is 10.4. The van der Waals surface area contributed by atoms with Gasteiger partial charge in [0.2, 0.25) is 0 Å². The summed E-state index contributed by atoms with van der Waals surface area (Å²) in [5.41, 5.74) is 4.69. The molecule has 1 saturated heterocycles. The van der Waals surface area contributed by atoms with Gasteiger partial charge in [0, 0.05) is 50.9 Å². The van der Waals surface area contributed by atoms with E-state index in [0.717, 1.165) is 69.1 Å². The van der Waals surface area contributed by atoms with Gasteiger partial charge >= 0.3 is 0 Å². The van der Waals surface area contributed by atoms with E-state index in [4.69, 9.17) is 4.98 Å². The Morgan fingerprint density at radius 2 is 1.76 bits per heavy atom. The van der Waals surface area contributed by atoms with Crippen LogP contribution in [-0.4, -0.2) is 46.2 Å². The summed E-state index contributed by atoms with van der Waals surface area (Å²) in [5, 5.41) is 12.8. The van der Waals surface area contributed by atoms with Gasteiger partial charge in [0.05, 0.1) is 5.69 Å². The van der Waals surface area contributed by atoms with Crippen molar-refractivity contribution in [2.45, 2.75) is 25.8 Å². The molecule has 1 aromatic heterocycles. The van der Waals surface area contributed by atoms with Crippen LogP contribution in [0.2, 0.25) is 0 Å². The molecule has 0 atom stereocenters. The summed E-state index contributed by atoms with van der Waals surface area (Å²) in [6.45, 7) is 5.32. The number of hydrogen-bond acceptors (Lipinski definition) is 5. The predicted molar refractivity (Wildman–Crippen MR) is 116 cm³/mol. The van der Waals surface area contributed by atoms with Crippen LogP contribution in [0.3, 0.4) is 0 Å².